The summed E-state index contributed by atoms with van der Waals surface area (Å²) in [7, 11) is -1.91. The minimum Gasteiger partial charge on any atom is -0.491 e. The van der Waals surface area contributed by atoms with Crippen molar-refractivity contribution < 1.29 is 17.9 Å². The Kier molecular flexibility index (Phi) is 6.88. The fourth-order valence-electron chi connectivity index (χ4n) is 3.52. The lowest BCUT2D eigenvalue weighted by Gasteiger charge is -2.29. The minimum absolute atomic E-state index is 0.00686. The molecule has 0 unspecified atom stereocenters. The lowest BCUT2D eigenvalue weighted by molar-refractivity contribution is 0.146. The summed E-state index contributed by atoms with van der Waals surface area (Å²) in [6.45, 7) is 0.929. The number of methoxy groups -OCH3 is 1. The first-order chi connectivity index (χ1) is 13.1. The van der Waals surface area contributed by atoms with E-state index < -0.39 is 10.0 Å². The molecule has 0 heterocycles. The van der Waals surface area contributed by atoms with Gasteiger partial charge < -0.3 is 9.47 Å². The van der Waals surface area contributed by atoms with Gasteiger partial charge in [-0.1, -0.05) is 30.3 Å². The molecule has 3 rings (SSSR count). The molecule has 27 heavy (non-hydrogen) atoms. The molecule has 0 bridgehead atoms. The molecule has 1 N–H and O–H groups in total. The van der Waals surface area contributed by atoms with Crippen molar-refractivity contribution >= 4 is 10.0 Å². The highest BCUT2D eigenvalue weighted by Crippen LogP contribution is 2.33. The largest absolute Gasteiger partial charge is 0.491 e. The molecule has 0 saturated heterocycles. The average molecular weight is 390 g/mol. The van der Waals surface area contributed by atoms with Crippen molar-refractivity contribution in [3.05, 3.63) is 60.2 Å². The Labute approximate surface area is 161 Å². The summed E-state index contributed by atoms with van der Waals surface area (Å²) in [5.41, 5.74) is 1.35. The lowest BCUT2D eigenvalue weighted by atomic mass is 9.82. The highest BCUT2D eigenvalue weighted by atomic mass is 32.2. The molecular formula is C21H27NO4S. The summed E-state index contributed by atoms with van der Waals surface area (Å²) < 4.78 is 38.6. The van der Waals surface area contributed by atoms with Crippen molar-refractivity contribution in [3.63, 3.8) is 0 Å². The van der Waals surface area contributed by atoms with Gasteiger partial charge in [0, 0.05) is 13.2 Å². The van der Waals surface area contributed by atoms with E-state index in [1.807, 2.05) is 6.07 Å². The molecule has 1 saturated carbocycles. The maximum atomic E-state index is 12.7. The fraction of sp³-hybridized carbons (Fsp3) is 0.429. The van der Waals surface area contributed by atoms with Crippen LogP contribution in [-0.2, 0) is 14.8 Å². The van der Waals surface area contributed by atoms with Crippen molar-refractivity contribution in [1.29, 1.82) is 0 Å². The van der Waals surface area contributed by atoms with Crippen LogP contribution in [0.15, 0.2) is 59.5 Å². The van der Waals surface area contributed by atoms with Crippen LogP contribution in [-0.4, -0.2) is 34.8 Å². The molecule has 0 aromatic heterocycles. The molecule has 0 amide bonds. The van der Waals surface area contributed by atoms with Crippen molar-refractivity contribution in [2.75, 3.05) is 20.3 Å². The Morgan fingerprint density at radius 2 is 1.59 bits per heavy atom. The highest BCUT2D eigenvalue weighted by Gasteiger charge is 2.26. The van der Waals surface area contributed by atoms with Crippen molar-refractivity contribution in [2.45, 2.75) is 42.5 Å². The fourth-order valence-corrected chi connectivity index (χ4v) is 4.82. The van der Waals surface area contributed by atoms with Crippen LogP contribution >= 0.6 is 0 Å². The normalized spacial score (nSPS) is 20.3. The van der Waals surface area contributed by atoms with Gasteiger partial charge in [-0.15, -0.1) is 0 Å². The first-order valence-corrected chi connectivity index (χ1v) is 10.9. The van der Waals surface area contributed by atoms with E-state index in [2.05, 4.69) is 29.0 Å². The number of ether oxygens (including phenoxy) is 2. The van der Waals surface area contributed by atoms with E-state index >= 15 is 0 Å². The predicted octanol–water partition coefficient (Wildman–Crippen LogP) is 3.72. The molecule has 5 nitrogen and oxygen atoms in total. The van der Waals surface area contributed by atoms with Gasteiger partial charge in [-0.2, -0.15) is 0 Å². The SMILES string of the molecule is COCCOc1ccc(S(=O)(=O)NC2CCC(c3ccccc3)CC2)cc1. The Bertz CT molecular complexity index is 798. The van der Waals surface area contributed by atoms with E-state index in [1.54, 1.807) is 31.4 Å². The molecule has 1 fully saturated rings. The molecule has 6 heteroatoms. The molecule has 0 spiro atoms. The molecule has 1 aliphatic rings. The van der Waals surface area contributed by atoms with Crippen LogP contribution < -0.4 is 9.46 Å². The van der Waals surface area contributed by atoms with Gasteiger partial charge in [-0.05, 0) is 61.4 Å². The second-order valence-electron chi connectivity index (χ2n) is 6.89. The van der Waals surface area contributed by atoms with Gasteiger partial charge in [0.1, 0.15) is 12.4 Å². The molecule has 2 aromatic rings. The van der Waals surface area contributed by atoms with E-state index in [1.165, 1.54) is 5.56 Å². The van der Waals surface area contributed by atoms with Gasteiger partial charge >= 0.3 is 0 Å². The quantitative estimate of drug-likeness (QED) is 0.699. The van der Waals surface area contributed by atoms with E-state index in [4.69, 9.17) is 9.47 Å². The lowest BCUT2D eigenvalue weighted by Crippen LogP contribution is -2.37. The van der Waals surface area contributed by atoms with Gasteiger partial charge in [0.25, 0.3) is 0 Å². The maximum Gasteiger partial charge on any atom is 0.240 e. The van der Waals surface area contributed by atoms with Crippen molar-refractivity contribution in [2.24, 2.45) is 0 Å². The smallest absolute Gasteiger partial charge is 0.240 e. The summed E-state index contributed by atoms with van der Waals surface area (Å²) in [4.78, 5) is 0.270. The zero-order valence-electron chi connectivity index (χ0n) is 15.6. The predicted molar refractivity (Wildman–Crippen MR) is 106 cm³/mol. The molecular weight excluding hydrogens is 362 g/mol. The Balaban J connectivity index is 1.54. The maximum absolute atomic E-state index is 12.7. The third-order valence-electron chi connectivity index (χ3n) is 5.01. The summed E-state index contributed by atoms with van der Waals surface area (Å²) in [6, 6.07) is 17.0. The second-order valence-corrected chi connectivity index (χ2v) is 8.61. The zero-order valence-corrected chi connectivity index (χ0v) is 16.5. The highest BCUT2D eigenvalue weighted by molar-refractivity contribution is 7.89. The average Bonchev–Trinajstić information content (AvgIpc) is 2.70. The van der Waals surface area contributed by atoms with E-state index in [9.17, 15) is 8.42 Å². The van der Waals surface area contributed by atoms with Crippen molar-refractivity contribution in [1.82, 2.24) is 4.72 Å². The Hall–Kier alpha value is -1.89. The molecule has 146 valence electrons. The first-order valence-electron chi connectivity index (χ1n) is 9.37. The van der Waals surface area contributed by atoms with Crippen LogP contribution in [0, 0.1) is 0 Å². The minimum atomic E-state index is -3.51. The molecule has 0 radical (unpaired) electrons. The Morgan fingerprint density at radius 1 is 0.926 bits per heavy atom. The monoisotopic (exact) mass is 389 g/mol. The molecule has 2 aromatic carbocycles. The number of sulfonamides is 1. The number of nitrogens with one attached hydrogen (secondary N) is 1. The van der Waals surface area contributed by atoms with Gasteiger partial charge in [-0.3, -0.25) is 0 Å². The first kappa shape index (κ1) is 19.9. The third kappa shape index (κ3) is 5.54. The summed E-state index contributed by atoms with van der Waals surface area (Å²) in [6.07, 6.45) is 3.72. The molecule has 0 atom stereocenters. The summed E-state index contributed by atoms with van der Waals surface area (Å²) in [5.74, 6) is 1.16. The number of hydrogen-bond acceptors (Lipinski definition) is 4. The third-order valence-corrected chi connectivity index (χ3v) is 6.55. The second kappa shape index (κ2) is 9.35. The number of benzene rings is 2. The van der Waals surface area contributed by atoms with E-state index in [0.29, 0.717) is 24.9 Å². The van der Waals surface area contributed by atoms with Gasteiger partial charge in [0.05, 0.1) is 11.5 Å². The van der Waals surface area contributed by atoms with Gasteiger partial charge in [0.15, 0.2) is 0 Å². The van der Waals surface area contributed by atoms with Crippen LogP contribution in [0.2, 0.25) is 0 Å². The molecule has 0 aliphatic heterocycles. The van der Waals surface area contributed by atoms with Crippen LogP contribution in [0.4, 0.5) is 0 Å². The summed E-state index contributed by atoms with van der Waals surface area (Å²) in [5, 5.41) is 0. The van der Waals surface area contributed by atoms with Gasteiger partial charge in [-0.25, -0.2) is 13.1 Å². The van der Waals surface area contributed by atoms with Gasteiger partial charge in [0.2, 0.25) is 10.0 Å². The van der Waals surface area contributed by atoms with Crippen LogP contribution in [0.25, 0.3) is 0 Å². The van der Waals surface area contributed by atoms with Crippen LogP contribution in [0.3, 0.4) is 0 Å². The number of hydrogen-bond donors (Lipinski definition) is 1. The van der Waals surface area contributed by atoms with E-state index in [0.717, 1.165) is 25.7 Å². The van der Waals surface area contributed by atoms with E-state index in [-0.39, 0.29) is 10.9 Å². The van der Waals surface area contributed by atoms with Crippen LogP contribution in [0.5, 0.6) is 5.75 Å². The Morgan fingerprint density at radius 3 is 2.22 bits per heavy atom. The zero-order chi connectivity index (χ0) is 19.1. The van der Waals surface area contributed by atoms with Crippen LogP contribution in [0.1, 0.15) is 37.2 Å². The number of rotatable bonds is 8. The standard InChI is InChI=1S/C21H27NO4S/c1-25-15-16-26-20-11-13-21(14-12-20)27(23,24)22-19-9-7-18(8-10-19)17-5-3-2-4-6-17/h2-6,11-14,18-19,22H,7-10,15-16H2,1H3. The molecule has 1 aliphatic carbocycles. The topological polar surface area (TPSA) is 64.6 Å². The van der Waals surface area contributed by atoms with Crippen molar-refractivity contribution in [3.8, 4) is 5.75 Å². The summed E-state index contributed by atoms with van der Waals surface area (Å²) >= 11 is 0.